The van der Waals surface area contributed by atoms with Crippen molar-refractivity contribution in [3.05, 3.63) is 122 Å². The van der Waals surface area contributed by atoms with E-state index >= 15 is 0 Å². The Bertz CT molecular complexity index is 1540. The van der Waals surface area contributed by atoms with E-state index in [4.69, 9.17) is 14.2 Å². The summed E-state index contributed by atoms with van der Waals surface area (Å²) in [5.74, 6) is -0.982. The van der Waals surface area contributed by atoms with Crippen molar-refractivity contribution in [1.29, 1.82) is 0 Å². The molecule has 6 heteroatoms. The van der Waals surface area contributed by atoms with Crippen LogP contribution < -0.4 is 0 Å². The number of ether oxygens (including phenoxy) is 3. The van der Waals surface area contributed by atoms with Gasteiger partial charge in [-0.15, -0.1) is 0 Å². The quantitative estimate of drug-likeness (QED) is 0.0261. The van der Waals surface area contributed by atoms with Crippen LogP contribution in [-0.2, 0) is 28.6 Å². The molecule has 0 aliphatic rings. The van der Waals surface area contributed by atoms with Crippen LogP contribution in [0.3, 0.4) is 0 Å². The standard InChI is InChI=1S/C67H110O6/c1-4-7-10-13-16-19-22-25-28-31-33-36-39-42-45-48-51-54-57-60-66(69)72-63-64(62-71-65(68)59-56-53-50-47-44-41-38-35-30-27-24-21-18-15-12-9-6-3)73-67(70)61-58-55-52-49-46-43-40-37-34-32-29-26-23-20-17-14-11-8-5-2/h9,12,16-21,25-30,33,36,38,41,47,50,64H,4-8,10-11,13-15,22-24,31-32,34-35,37,39-40,42-46,48-49,51-63H2,1-3H3/b12-9-,19-16-,20-17-,21-18-,28-25-,29-26-,30-27-,36-33-,41-38-,50-47-/t64-/m1/s1. The van der Waals surface area contributed by atoms with E-state index in [1.807, 2.05) is 0 Å². The molecule has 0 aromatic carbocycles. The van der Waals surface area contributed by atoms with Gasteiger partial charge in [-0.1, -0.05) is 239 Å². The van der Waals surface area contributed by atoms with E-state index in [0.717, 1.165) is 109 Å². The average molecular weight is 1010 g/mol. The maximum Gasteiger partial charge on any atom is 0.306 e. The summed E-state index contributed by atoms with van der Waals surface area (Å²) in [6.07, 6.45) is 83.3. The van der Waals surface area contributed by atoms with Crippen LogP contribution in [0.1, 0.15) is 265 Å². The van der Waals surface area contributed by atoms with Crippen molar-refractivity contribution in [2.75, 3.05) is 13.2 Å². The average Bonchev–Trinajstić information content (AvgIpc) is 3.39. The number of carbonyl (C=O) groups is 3. The molecule has 73 heavy (non-hydrogen) atoms. The molecule has 0 fully saturated rings. The maximum absolute atomic E-state index is 12.9. The van der Waals surface area contributed by atoms with Gasteiger partial charge >= 0.3 is 17.9 Å². The lowest BCUT2D eigenvalue weighted by Crippen LogP contribution is -2.30. The second-order valence-electron chi connectivity index (χ2n) is 19.5. The first kappa shape index (κ1) is 68.8. The number of carbonyl (C=O) groups excluding carboxylic acids is 3. The molecule has 1 atom stereocenters. The minimum atomic E-state index is -0.814. The first-order valence-corrected chi connectivity index (χ1v) is 30.0. The third kappa shape index (κ3) is 58.6. The summed E-state index contributed by atoms with van der Waals surface area (Å²) in [7, 11) is 0. The summed E-state index contributed by atoms with van der Waals surface area (Å²) in [4.78, 5) is 38.2. The Kier molecular flexibility index (Phi) is 56.9. The largest absolute Gasteiger partial charge is 0.462 e. The minimum absolute atomic E-state index is 0.107. The molecule has 0 radical (unpaired) electrons. The molecule has 0 saturated carbocycles. The molecule has 0 aliphatic heterocycles. The normalized spacial score (nSPS) is 13.0. The highest BCUT2D eigenvalue weighted by atomic mass is 16.6. The zero-order chi connectivity index (χ0) is 52.9. The van der Waals surface area contributed by atoms with E-state index in [9.17, 15) is 14.4 Å². The van der Waals surface area contributed by atoms with Crippen LogP contribution in [0.4, 0.5) is 0 Å². The van der Waals surface area contributed by atoms with Gasteiger partial charge in [-0.3, -0.25) is 14.4 Å². The van der Waals surface area contributed by atoms with E-state index < -0.39 is 6.10 Å². The highest BCUT2D eigenvalue weighted by Crippen LogP contribution is 2.14. The monoisotopic (exact) mass is 1010 g/mol. The molecule has 0 saturated heterocycles. The lowest BCUT2D eigenvalue weighted by Gasteiger charge is -2.18. The van der Waals surface area contributed by atoms with Gasteiger partial charge in [-0.05, 0) is 128 Å². The number of esters is 3. The van der Waals surface area contributed by atoms with Gasteiger partial charge in [0.1, 0.15) is 13.2 Å². The van der Waals surface area contributed by atoms with Crippen LogP contribution in [0.25, 0.3) is 0 Å². The van der Waals surface area contributed by atoms with Gasteiger partial charge in [0, 0.05) is 19.3 Å². The van der Waals surface area contributed by atoms with Crippen LogP contribution in [0, 0.1) is 0 Å². The first-order chi connectivity index (χ1) is 36.0. The van der Waals surface area contributed by atoms with Crippen molar-refractivity contribution in [2.45, 2.75) is 271 Å². The fraction of sp³-hybridized carbons (Fsp3) is 0.657. The molecule has 0 rings (SSSR count). The topological polar surface area (TPSA) is 78.9 Å². The van der Waals surface area contributed by atoms with Crippen LogP contribution in [-0.4, -0.2) is 37.2 Å². The summed E-state index contributed by atoms with van der Waals surface area (Å²) >= 11 is 0. The predicted molar refractivity (Wildman–Crippen MR) is 316 cm³/mol. The Morgan fingerprint density at radius 3 is 0.890 bits per heavy atom. The van der Waals surface area contributed by atoms with Gasteiger partial charge in [0.2, 0.25) is 0 Å². The van der Waals surface area contributed by atoms with Crippen molar-refractivity contribution < 1.29 is 28.6 Å². The van der Waals surface area contributed by atoms with Gasteiger partial charge in [-0.25, -0.2) is 0 Å². The summed E-state index contributed by atoms with van der Waals surface area (Å²) in [6.45, 7) is 6.42. The molecule has 0 amide bonds. The highest BCUT2D eigenvalue weighted by Gasteiger charge is 2.19. The van der Waals surface area contributed by atoms with Gasteiger partial charge in [-0.2, -0.15) is 0 Å². The zero-order valence-electron chi connectivity index (χ0n) is 47.4. The lowest BCUT2D eigenvalue weighted by molar-refractivity contribution is -0.167. The molecule has 0 spiro atoms. The summed E-state index contributed by atoms with van der Waals surface area (Å²) < 4.78 is 16.8. The fourth-order valence-electron chi connectivity index (χ4n) is 7.93. The molecule has 0 aromatic heterocycles. The Morgan fingerprint density at radius 2 is 0.548 bits per heavy atom. The molecule has 0 aliphatic carbocycles. The van der Waals surface area contributed by atoms with Gasteiger partial charge in [0.15, 0.2) is 6.10 Å². The predicted octanol–water partition coefficient (Wildman–Crippen LogP) is 20.4. The van der Waals surface area contributed by atoms with Gasteiger partial charge in [0.25, 0.3) is 0 Å². The maximum atomic E-state index is 12.9. The number of allylic oxidation sites excluding steroid dienone is 20. The van der Waals surface area contributed by atoms with Crippen molar-refractivity contribution in [2.24, 2.45) is 0 Å². The van der Waals surface area contributed by atoms with Crippen molar-refractivity contribution in [3.8, 4) is 0 Å². The fourth-order valence-corrected chi connectivity index (χ4v) is 7.93. The second kappa shape index (κ2) is 60.4. The Labute approximate surface area is 450 Å². The first-order valence-electron chi connectivity index (χ1n) is 30.0. The van der Waals surface area contributed by atoms with E-state index in [0.29, 0.717) is 19.3 Å². The number of rotatable bonds is 53. The second-order valence-corrected chi connectivity index (χ2v) is 19.5. The van der Waals surface area contributed by atoms with E-state index in [1.54, 1.807) is 0 Å². The molecule has 0 heterocycles. The Balaban J connectivity index is 4.51. The van der Waals surface area contributed by atoms with Crippen LogP contribution in [0.15, 0.2) is 122 Å². The third-order valence-corrected chi connectivity index (χ3v) is 12.4. The lowest BCUT2D eigenvalue weighted by atomic mass is 10.1. The van der Waals surface area contributed by atoms with Gasteiger partial charge in [0.05, 0.1) is 0 Å². The minimum Gasteiger partial charge on any atom is -0.462 e. The number of hydrogen-bond acceptors (Lipinski definition) is 6. The Morgan fingerprint density at radius 1 is 0.288 bits per heavy atom. The summed E-state index contributed by atoms with van der Waals surface area (Å²) in [5, 5.41) is 0. The van der Waals surface area contributed by atoms with Crippen molar-refractivity contribution >= 4 is 17.9 Å². The van der Waals surface area contributed by atoms with E-state index in [1.165, 1.54) is 109 Å². The summed E-state index contributed by atoms with van der Waals surface area (Å²) in [5.41, 5.74) is 0. The zero-order valence-corrected chi connectivity index (χ0v) is 47.4. The smallest absolute Gasteiger partial charge is 0.306 e. The molecule has 414 valence electrons. The van der Waals surface area contributed by atoms with E-state index in [-0.39, 0.29) is 37.5 Å². The number of unbranched alkanes of at least 4 members (excludes halogenated alkanes) is 22. The van der Waals surface area contributed by atoms with Crippen LogP contribution in [0.5, 0.6) is 0 Å². The third-order valence-electron chi connectivity index (χ3n) is 12.4. The Hall–Kier alpha value is -4.19. The molecule has 0 aromatic rings. The molecular formula is C67H110O6. The molecule has 0 unspecified atom stereocenters. The van der Waals surface area contributed by atoms with Crippen LogP contribution >= 0.6 is 0 Å². The van der Waals surface area contributed by atoms with Crippen LogP contribution in [0.2, 0.25) is 0 Å². The summed E-state index contributed by atoms with van der Waals surface area (Å²) in [6, 6.07) is 0. The van der Waals surface area contributed by atoms with Gasteiger partial charge < -0.3 is 14.2 Å². The SMILES string of the molecule is CC/C=C\C/C=C\C/C=C\C/C=C\C/C=C\CCCC(=O)OC[C@H](COC(=O)CCCCCCCC/C=C\C/C=C\C/C=C\CCCCC)OC(=O)CCCCCCCCCCC/C=C\C/C=C\CCCCC. The van der Waals surface area contributed by atoms with E-state index in [2.05, 4.69) is 142 Å². The molecule has 0 bridgehead atoms. The van der Waals surface area contributed by atoms with Crippen molar-refractivity contribution in [3.63, 3.8) is 0 Å². The number of hydrogen-bond donors (Lipinski definition) is 0. The molecular weight excluding hydrogens is 901 g/mol. The molecule has 6 nitrogen and oxygen atoms in total. The van der Waals surface area contributed by atoms with Crippen molar-refractivity contribution in [1.82, 2.24) is 0 Å². The highest BCUT2D eigenvalue weighted by molar-refractivity contribution is 5.71. The molecule has 0 N–H and O–H groups in total.